The average molecular weight is 1040 g/mol. The second-order valence-corrected chi connectivity index (χ2v) is 22.7. The number of ether oxygens (including phenoxy) is 3. The molecule has 0 aliphatic heterocycles. The maximum atomic E-state index is 12.9. The molecule has 1 atom stereocenters. The highest BCUT2D eigenvalue weighted by Gasteiger charge is 2.19. The monoisotopic (exact) mass is 1040 g/mol. The molecule has 0 heterocycles. The Morgan fingerprint density at radius 2 is 0.486 bits per heavy atom. The summed E-state index contributed by atoms with van der Waals surface area (Å²) >= 11 is 0. The minimum Gasteiger partial charge on any atom is -0.462 e. The second-order valence-electron chi connectivity index (χ2n) is 22.7. The highest BCUT2D eigenvalue weighted by atomic mass is 16.6. The molecule has 0 N–H and O–H groups in total. The summed E-state index contributed by atoms with van der Waals surface area (Å²) in [6, 6.07) is 0. The summed E-state index contributed by atoms with van der Waals surface area (Å²) < 4.78 is 17.0. The molecule has 0 aliphatic carbocycles. The lowest BCUT2D eigenvalue weighted by Crippen LogP contribution is -2.30. The predicted octanol–water partition coefficient (Wildman–Crippen LogP) is 22.6. The summed E-state index contributed by atoms with van der Waals surface area (Å²) in [4.78, 5) is 38.3. The van der Waals surface area contributed by atoms with Crippen LogP contribution in [-0.2, 0) is 28.6 Å². The van der Waals surface area contributed by atoms with E-state index in [1.807, 2.05) is 0 Å². The SMILES string of the molecule is CCCCC/C=C\C/C=C\CCCCCCCCCCCC(=O)OC(COC(=O)CCCCCCCCCCCCCCCC)COC(=O)CCCCCCCCCCCCCCCCCCCCCCCCC. The van der Waals surface area contributed by atoms with E-state index in [-0.39, 0.29) is 31.1 Å². The van der Waals surface area contributed by atoms with Crippen LogP contribution >= 0.6 is 0 Å². The Morgan fingerprint density at radius 1 is 0.270 bits per heavy atom. The number of hydrogen-bond donors (Lipinski definition) is 0. The minimum absolute atomic E-state index is 0.0666. The molecule has 1 unspecified atom stereocenters. The van der Waals surface area contributed by atoms with Gasteiger partial charge in [-0.25, -0.2) is 0 Å². The van der Waals surface area contributed by atoms with Crippen molar-refractivity contribution in [3.05, 3.63) is 24.3 Å². The zero-order valence-corrected chi connectivity index (χ0v) is 50.1. The fourth-order valence-corrected chi connectivity index (χ4v) is 10.2. The Bertz CT molecular complexity index is 1190. The highest BCUT2D eigenvalue weighted by Crippen LogP contribution is 2.18. The van der Waals surface area contributed by atoms with Crippen LogP contribution in [0.15, 0.2) is 24.3 Å². The zero-order chi connectivity index (χ0) is 53.6. The van der Waals surface area contributed by atoms with Gasteiger partial charge in [0, 0.05) is 19.3 Å². The van der Waals surface area contributed by atoms with Gasteiger partial charge in [0.15, 0.2) is 6.10 Å². The van der Waals surface area contributed by atoms with E-state index in [1.54, 1.807) is 0 Å². The van der Waals surface area contributed by atoms with Crippen molar-refractivity contribution in [1.29, 1.82) is 0 Å². The fraction of sp³-hybridized carbons (Fsp3) is 0.897. The fourth-order valence-electron chi connectivity index (χ4n) is 10.2. The van der Waals surface area contributed by atoms with Gasteiger partial charge in [-0.1, -0.05) is 328 Å². The van der Waals surface area contributed by atoms with Crippen LogP contribution in [0, 0.1) is 0 Å². The maximum Gasteiger partial charge on any atom is 0.306 e. The van der Waals surface area contributed by atoms with Crippen molar-refractivity contribution in [2.24, 2.45) is 0 Å². The molecule has 0 aliphatic rings. The van der Waals surface area contributed by atoms with Crippen LogP contribution in [0.5, 0.6) is 0 Å². The van der Waals surface area contributed by atoms with Gasteiger partial charge in [0.25, 0.3) is 0 Å². The third-order valence-corrected chi connectivity index (χ3v) is 15.2. The summed E-state index contributed by atoms with van der Waals surface area (Å²) in [5, 5.41) is 0. The van der Waals surface area contributed by atoms with Crippen molar-refractivity contribution in [2.75, 3.05) is 13.2 Å². The molecule has 0 aromatic carbocycles. The van der Waals surface area contributed by atoms with Crippen LogP contribution in [0.4, 0.5) is 0 Å². The smallest absolute Gasteiger partial charge is 0.306 e. The molecule has 436 valence electrons. The van der Waals surface area contributed by atoms with Crippen LogP contribution in [0.1, 0.15) is 374 Å². The van der Waals surface area contributed by atoms with Gasteiger partial charge >= 0.3 is 17.9 Å². The first-order chi connectivity index (χ1) is 36.5. The third kappa shape index (κ3) is 60.8. The van der Waals surface area contributed by atoms with Crippen molar-refractivity contribution < 1.29 is 28.6 Å². The molecule has 0 fully saturated rings. The summed E-state index contributed by atoms with van der Waals surface area (Å²) in [7, 11) is 0. The lowest BCUT2D eigenvalue weighted by molar-refractivity contribution is -0.167. The van der Waals surface area contributed by atoms with E-state index < -0.39 is 6.10 Å². The van der Waals surface area contributed by atoms with Crippen LogP contribution in [0.2, 0.25) is 0 Å². The normalized spacial score (nSPS) is 12.1. The molecule has 74 heavy (non-hydrogen) atoms. The average Bonchev–Trinajstić information content (AvgIpc) is 3.40. The first kappa shape index (κ1) is 71.9. The first-order valence-corrected chi connectivity index (χ1v) is 33.3. The molecule has 0 saturated heterocycles. The zero-order valence-electron chi connectivity index (χ0n) is 50.1. The van der Waals surface area contributed by atoms with Crippen molar-refractivity contribution in [2.45, 2.75) is 380 Å². The van der Waals surface area contributed by atoms with Gasteiger partial charge in [-0.15, -0.1) is 0 Å². The molecule has 0 aromatic heterocycles. The van der Waals surface area contributed by atoms with Gasteiger partial charge in [0.1, 0.15) is 13.2 Å². The van der Waals surface area contributed by atoms with Gasteiger partial charge in [-0.05, 0) is 51.4 Å². The number of carbonyl (C=O) groups is 3. The van der Waals surface area contributed by atoms with Gasteiger partial charge in [-0.3, -0.25) is 14.4 Å². The summed E-state index contributed by atoms with van der Waals surface area (Å²) in [5.74, 6) is -0.841. The third-order valence-electron chi connectivity index (χ3n) is 15.2. The lowest BCUT2D eigenvalue weighted by Gasteiger charge is -2.18. The molecule has 0 rings (SSSR count). The Kier molecular flexibility index (Phi) is 61.6. The Labute approximate surface area is 462 Å². The molecule has 6 nitrogen and oxygen atoms in total. The van der Waals surface area contributed by atoms with Crippen molar-refractivity contribution in [3.8, 4) is 0 Å². The Balaban J connectivity index is 4.26. The number of unbranched alkanes of at least 4 members (excludes halogenated alkanes) is 47. The largest absolute Gasteiger partial charge is 0.462 e. The number of hydrogen-bond acceptors (Lipinski definition) is 6. The number of allylic oxidation sites excluding steroid dienone is 4. The molecule has 0 aromatic rings. The molecular weight excluding hydrogens is 913 g/mol. The Morgan fingerprint density at radius 3 is 0.770 bits per heavy atom. The second kappa shape index (κ2) is 63.4. The molecular formula is C68H128O6. The Hall–Kier alpha value is -2.11. The maximum absolute atomic E-state index is 12.9. The van der Waals surface area contributed by atoms with Gasteiger partial charge in [0.05, 0.1) is 0 Å². The van der Waals surface area contributed by atoms with E-state index in [9.17, 15) is 14.4 Å². The van der Waals surface area contributed by atoms with E-state index in [4.69, 9.17) is 14.2 Å². The van der Waals surface area contributed by atoms with Crippen LogP contribution < -0.4 is 0 Å². The van der Waals surface area contributed by atoms with Crippen molar-refractivity contribution >= 4 is 17.9 Å². The summed E-state index contributed by atoms with van der Waals surface area (Å²) in [6.07, 6.45) is 76.2. The van der Waals surface area contributed by atoms with Crippen molar-refractivity contribution in [3.63, 3.8) is 0 Å². The molecule has 0 amide bonds. The van der Waals surface area contributed by atoms with Crippen molar-refractivity contribution in [1.82, 2.24) is 0 Å². The summed E-state index contributed by atoms with van der Waals surface area (Å²) in [5.41, 5.74) is 0. The number of rotatable bonds is 62. The van der Waals surface area contributed by atoms with Crippen LogP contribution in [0.3, 0.4) is 0 Å². The van der Waals surface area contributed by atoms with Gasteiger partial charge in [-0.2, -0.15) is 0 Å². The van der Waals surface area contributed by atoms with Gasteiger partial charge in [0.2, 0.25) is 0 Å². The standard InChI is InChI=1S/C68H128O6/c1-4-7-10-13-16-19-22-25-28-30-32-33-34-35-37-38-40-43-46-49-52-55-58-61-67(70)73-64-65(63-72-66(69)60-57-54-51-48-45-42-27-24-21-18-15-12-9-6-3)74-68(71)62-59-56-53-50-47-44-41-39-36-31-29-26-23-20-17-14-11-8-5-2/h17,20,26,29,65H,4-16,18-19,21-25,27-28,30-64H2,1-3H3/b20-17-,29-26-. The topological polar surface area (TPSA) is 78.9 Å². The van der Waals surface area contributed by atoms with E-state index in [1.165, 1.54) is 270 Å². The van der Waals surface area contributed by atoms with Crippen LogP contribution in [0.25, 0.3) is 0 Å². The van der Waals surface area contributed by atoms with E-state index in [0.717, 1.165) is 64.2 Å². The van der Waals surface area contributed by atoms with Crippen LogP contribution in [-0.4, -0.2) is 37.2 Å². The predicted molar refractivity (Wildman–Crippen MR) is 321 cm³/mol. The number of carbonyl (C=O) groups excluding carboxylic acids is 3. The number of esters is 3. The quantitative estimate of drug-likeness (QED) is 0.0261. The summed E-state index contributed by atoms with van der Waals surface area (Å²) in [6.45, 7) is 6.69. The van der Waals surface area contributed by atoms with Gasteiger partial charge < -0.3 is 14.2 Å². The van der Waals surface area contributed by atoms with E-state index in [2.05, 4.69) is 45.1 Å². The minimum atomic E-state index is -0.770. The molecule has 0 radical (unpaired) electrons. The molecule has 0 saturated carbocycles. The molecule has 0 spiro atoms. The first-order valence-electron chi connectivity index (χ1n) is 33.3. The molecule has 6 heteroatoms. The molecule has 0 bridgehead atoms. The van der Waals surface area contributed by atoms with E-state index in [0.29, 0.717) is 19.3 Å². The highest BCUT2D eigenvalue weighted by molar-refractivity contribution is 5.71. The lowest BCUT2D eigenvalue weighted by atomic mass is 10.0. The van der Waals surface area contributed by atoms with E-state index >= 15 is 0 Å².